The third kappa shape index (κ3) is 2.68. The molecular weight excluding hydrogens is 184 g/mol. The quantitative estimate of drug-likeness (QED) is 0.461. The van der Waals surface area contributed by atoms with Gasteiger partial charge in [0.15, 0.2) is 0 Å². The van der Waals surface area contributed by atoms with Gasteiger partial charge >= 0.3 is 0 Å². The summed E-state index contributed by atoms with van der Waals surface area (Å²) in [5.74, 6) is -0.468. The molecule has 1 fully saturated rings. The van der Waals surface area contributed by atoms with Crippen molar-refractivity contribution in [3.05, 3.63) is 0 Å². The van der Waals surface area contributed by atoms with Crippen LogP contribution in [0.3, 0.4) is 0 Å². The van der Waals surface area contributed by atoms with E-state index >= 15 is 0 Å². The Hall–Kier alpha value is -1.14. The molecule has 0 spiro atoms. The third-order valence-corrected chi connectivity index (χ3v) is 2.27. The molecule has 6 heteroatoms. The van der Waals surface area contributed by atoms with Crippen LogP contribution in [0.4, 0.5) is 0 Å². The van der Waals surface area contributed by atoms with Crippen LogP contribution in [0.15, 0.2) is 0 Å². The second kappa shape index (κ2) is 4.92. The maximum Gasteiger partial charge on any atom is 0.234 e. The van der Waals surface area contributed by atoms with Crippen LogP contribution in [0.2, 0.25) is 0 Å². The third-order valence-electron chi connectivity index (χ3n) is 2.27. The fourth-order valence-electron chi connectivity index (χ4n) is 1.40. The number of hydrogen-bond acceptors (Lipinski definition) is 4. The molecule has 0 aromatic rings. The van der Waals surface area contributed by atoms with E-state index in [4.69, 9.17) is 11.5 Å². The van der Waals surface area contributed by atoms with E-state index < -0.39 is 0 Å². The van der Waals surface area contributed by atoms with Gasteiger partial charge in [-0.1, -0.05) is 0 Å². The average Bonchev–Trinajstić information content (AvgIpc) is 2.08. The minimum Gasteiger partial charge on any atom is -0.368 e. The Morgan fingerprint density at radius 2 is 2.21 bits per heavy atom. The fourth-order valence-corrected chi connectivity index (χ4v) is 1.40. The summed E-state index contributed by atoms with van der Waals surface area (Å²) in [6.07, 6.45) is 0.750. The highest BCUT2D eigenvalue weighted by Crippen LogP contribution is 2.15. The lowest BCUT2D eigenvalue weighted by atomic mass is 10.0. The Morgan fingerprint density at radius 3 is 2.64 bits per heavy atom. The summed E-state index contributed by atoms with van der Waals surface area (Å²) in [6.45, 7) is 1.87. The average molecular weight is 200 g/mol. The molecule has 1 aliphatic heterocycles. The second-order valence-corrected chi connectivity index (χ2v) is 3.32. The number of primary amides is 1. The van der Waals surface area contributed by atoms with Crippen molar-refractivity contribution in [2.75, 3.05) is 26.2 Å². The molecule has 6 nitrogen and oxygen atoms in total. The van der Waals surface area contributed by atoms with E-state index in [0.717, 1.165) is 13.0 Å². The molecular formula is C8H16N4O2. The number of carbonyl (C=O) groups excluding carboxylic acids is 2. The van der Waals surface area contributed by atoms with E-state index in [-0.39, 0.29) is 24.4 Å². The van der Waals surface area contributed by atoms with Gasteiger partial charge in [0.2, 0.25) is 11.8 Å². The molecule has 80 valence electrons. The summed E-state index contributed by atoms with van der Waals surface area (Å²) < 4.78 is 0. The van der Waals surface area contributed by atoms with E-state index in [1.165, 1.54) is 0 Å². The lowest BCUT2D eigenvalue weighted by Crippen LogP contribution is -2.57. The molecule has 2 amide bonds. The van der Waals surface area contributed by atoms with Crippen LogP contribution in [-0.2, 0) is 9.59 Å². The predicted octanol–water partition coefficient (Wildman–Crippen LogP) is -2.38. The van der Waals surface area contributed by atoms with Gasteiger partial charge in [0, 0.05) is 19.6 Å². The standard InChI is InChI=1S/C8H16N4O2/c9-2-3-11-7(13)5-12-4-1-6(12)8(10)14/h6H,1-5,9H2,(H2,10,14)(H,11,13). The summed E-state index contributed by atoms with van der Waals surface area (Å²) in [4.78, 5) is 23.8. The van der Waals surface area contributed by atoms with Crippen LogP contribution in [0, 0.1) is 0 Å². The lowest BCUT2D eigenvalue weighted by molar-refractivity contribution is -0.131. The Balaban J connectivity index is 2.24. The molecule has 5 N–H and O–H groups in total. The van der Waals surface area contributed by atoms with Crippen molar-refractivity contribution < 1.29 is 9.59 Å². The van der Waals surface area contributed by atoms with Crippen LogP contribution in [0.1, 0.15) is 6.42 Å². The van der Waals surface area contributed by atoms with E-state index in [9.17, 15) is 9.59 Å². The highest BCUT2D eigenvalue weighted by Gasteiger charge is 2.33. The number of amides is 2. The van der Waals surface area contributed by atoms with Crippen LogP contribution in [-0.4, -0.2) is 48.9 Å². The van der Waals surface area contributed by atoms with Gasteiger partial charge in [-0.15, -0.1) is 0 Å². The minimum absolute atomic E-state index is 0.110. The summed E-state index contributed by atoms with van der Waals surface area (Å²) in [6, 6.07) is -0.265. The minimum atomic E-state index is -0.358. The molecule has 0 bridgehead atoms. The number of nitrogens with one attached hydrogen (secondary N) is 1. The van der Waals surface area contributed by atoms with Gasteiger partial charge in [0.25, 0.3) is 0 Å². The first-order chi connectivity index (χ1) is 6.65. The van der Waals surface area contributed by atoms with Gasteiger partial charge in [-0.05, 0) is 6.42 Å². The zero-order valence-corrected chi connectivity index (χ0v) is 8.03. The Morgan fingerprint density at radius 1 is 1.50 bits per heavy atom. The molecule has 1 heterocycles. The summed E-state index contributed by atoms with van der Waals surface area (Å²) in [5, 5.41) is 2.63. The Labute approximate surface area is 82.6 Å². The van der Waals surface area contributed by atoms with E-state index in [1.807, 2.05) is 0 Å². The van der Waals surface area contributed by atoms with Gasteiger partial charge in [-0.25, -0.2) is 0 Å². The number of carbonyl (C=O) groups is 2. The van der Waals surface area contributed by atoms with Crippen LogP contribution in [0.5, 0.6) is 0 Å². The molecule has 0 saturated carbocycles. The highest BCUT2D eigenvalue weighted by atomic mass is 16.2. The Bertz CT molecular complexity index is 231. The van der Waals surface area contributed by atoms with Crippen molar-refractivity contribution in [2.24, 2.45) is 11.5 Å². The predicted molar refractivity (Wildman–Crippen MR) is 51.2 cm³/mol. The van der Waals surface area contributed by atoms with Crippen molar-refractivity contribution in [1.29, 1.82) is 0 Å². The molecule has 1 saturated heterocycles. The largest absolute Gasteiger partial charge is 0.368 e. The maximum absolute atomic E-state index is 11.2. The van der Waals surface area contributed by atoms with E-state index in [0.29, 0.717) is 13.1 Å². The number of hydrogen-bond donors (Lipinski definition) is 3. The van der Waals surface area contributed by atoms with Crippen LogP contribution >= 0.6 is 0 Å². The summed E-state index contributed by atoms with van der Waals surface area (Å²) in [5.41, 5.74) is 10.4. The van der Waals surface area contributed by atoms with Crippen molar-refractivity contribution in [2.45, 2.75) is 12.5 Å². The molecule has 1 rings (SSSR count). The summed E-state index contributed by atoms with van der Waals surface area (Å²) in [7, 11) is 0. The normalized spacial score (nSPS) is 21.4. The van der Waals surface area contributed by atoms with Crippen LogP contribution in [0.25, 0.3) is 0 Å². The van der Waals surface area contributed by atoms with E-state index in [1.54, 1.807) is 4.90 Å². The van der Waals surface area contributed by atoms with Gasteiger partial charge in [0.1, 0.15) is 0 Å². The van der Waals surface area contributed by atoms with Crippen LogP contribution < -0.4 is 16.8 Å². The van der Waals surface area contributed by atoms with E-state index in [2.05, 4.69) is 5.32 Å². The Kier molecular flexibility index (Phi) is 3.84. The number of likely N-dealkylation sites (tertiary alicyclic amines) is 1. The fraction of sp³-hybridized carbons (Fsp3) is 0.750. The number of nitrogens with two attached hydrogens (primary N) is 2. The first-order valence-electron chi connectivity index (χ1n) is 4.65. The highest BCUT2D eigenvalue weighted by molar-refractivity contribution is 5.83. The second-order valence-electron chi connectivity index (χ2n) is 3.32. The SMILES string of the molecule is NCCNC(=O)CN1CCC1C(N)=O. The molecule has 14 heavy (non-hydrogen) atoms. The van der Waals surface area contributed by atoms with Gasteiger partial charge in [-0.2, -0.15) is 0 Å². The smallest absolute Gasteiger partial charge is 0.234 e. The van der Waals surface area contributed by atoms with Gasteiger partial charge in [0.05, 0.1) is 12.6 Å². The van der Waals surface area contributed by atoms with Gasteiger partial charge < -0.3 is 16.8 Å². The molecule has 0 aliphatic carbocycles. The molecule has 0 aromatic heterocycles. The molecule has 0 radical (unpaired) electrons. The zero-order valence-electron chi connectivity index (χ0n) is 8.03. The van der Waals surface area contributed by atoms with Gasteiger partial charge in [-0.3, -0.25) is 14.5 Å². The molecule has 1 unspecified atom stereocenters. The van der Waals surface area contributed by atoms with Crippen molar-refractivity contribution >= 4 is 11.8 Å². The molecule has 1 atom stereocenters. The van der Waals surface area contributed by atoms with Crippen molar-refractivity contribution in [1.82, 2.24) is 10.2 Å². The summed E-state index contributed by atoms with van der Waals surface area (Å²) >= 11 is 0. The molecule has 1 aliphatic rings. The zero-order chi connectivity index (χ0) is 10.6. The number of rotatable bonds is 5. The van der Waals surface area contributed by atoms with Crippen molar-refractivity contribution in [3.63, 3.8) is 0 Å². The molecule has 0 aromatic carbocycles. The lowest BCUT2D eigenvalue weighted by Gasteiger charge is -2.37. The first-order valence-corrected chi connectivity index (χ1v) is 4.65. The van der Waals surface area contributed by atoms with Crippen molar-refractivity contribution in [3.8, 4) is 0 Å². The topological polar surface area (TPSA) is 101 Å². The maximum atomic E-state index is 11.2. The monoisotopic (exact) mass is 200 g/mol. The first kappa shape index (κ1) is 10.9. The number of nitrogens with zero attached hydrogens (tertiary/aromatic N) is 1.